The van der Waals surface area contributed by atoms with Crippen molar-refractivity contribution in [3.8, 4) is 0 Å². The van der Waals surface area contributed by atoms with Gasteiger partial charge in [0.2, 0.25) is 0 Å². The molecule has 0 saturated carbocycles. The molecule has 0 aromatic heterocycles. The van der Waals surface area contributed by atoms with Gasteiger partial charge in [0.15, 0.2) is 9.84 Å². The molecule has 2 aromatic carbocycles. The molecule has 0 radical (unpaired) electrons. The fourth-order valence-electron chi connectivity index (χ4n) is 3.58. The van der Waals surface area contributed by atoms with Crippen molar-refractivity contribution in [3.63, 3.8) is 0 Å². The summed E-state index contributed by atoms with van der Waals surface area (Å²) in [6.07, 6.45) is 1.89. The van der Waals surface area contributed by atoms with Crippen LogP contribution in [0.5, 0.6) is 0 Å². The maximum atomic E-state index is 12.7. The van der Waals surface area contributed by atoms with Crippen LogP contribution in [0.3, 0.4) is 0 Å². The van der Waals surface area contributed by atoms with Crippen molar-refractivity contribution >= 4 is 15.7 Å². The second-order valence-corrected chi connectivity index (χ2v) is 9.74. The summed E-state index contributed by atoms with van der Waals surface area (Å²) in [4.78, 5) is 12.9. The van der Waals surface area contributed by atoms with E-state index in [2.05, 4.69) is 31.3 Å². The Hall–Kier alpha value is -2.14. The zero-order chi connectivity index (χ0) is 18.9. The van der Waals surface area contributed by atoms with Gasteiger partial charge in [0.1, 0.15) is 0 Å². The molecule has 1 aliphatic carbocycles. The molecule has 3 rings (SSSR count). The van der Waals surface area contributed by atoms with Crippen LogP contribution in [0.4, 0.5) is 0 Å². The van der Waals surface area contributed by atoms with Crippen LogP contribution in [0.2, 0.25) is 0 Å². The Balaban J connectivity index is 1.81. The maximum absolute atomic E-state index is 12.7. The van der Waals surface area contributed by atoms with E-state index in [1.54, 1.807) is 19.1 Å². The van der Waals surface area contributed by atoms with Crippen LogP contribution in [-0.4, -0.2) is 20.1 Å². The monoisotopic (exact) mass is 371 g/mol. The lowest BCUT2D eigenvalue weighted by Crippen LogP contribution is -2.35. The molecule has 0 heterocycles. The normalized spacial score (nSPS) is 18.8. The number of nitrogens with one attached hydrogen (secondary N) is 1. The van der Waals surface area contributed by atoms with Crippen molar-refractivity contribution < 1.29 is 13.2 Å². The van der Waals surface area contributed by atoms with E-state index in [9.17, 15) is 13.2 Å². The first-order chi connectivity index (χ1) is 12.2. The minimum atomic E-state index is -3.25. The molecule has 0 saturated heterocycles. The number of carbonyl (C=O) groups is 1. The number of fused-ring (bicyclic) bond motifs is 1. The third kappa shape index (κ3) is 3.54. The molecular formula is C21H25NO3S. The number of carbonyl (C=O) groups excluding carboxylic acids is 1. The minimum absolute atomic E-state index is 0.0224. The number of amides is 1. The fraction of sp³-hybridized carbons (Fsp3) is 0.381. The summed E-state index contributed by atoms with van der Waals surface area (Å²) in [5, 5.41) is 3.11. The van der Waals surface area contributed by atoms with Crippen molar-refractivity contribution in [3.05, 3.63) is 65.2 Å². The summed E-state index contributed by atoms with van der Waals surface area (Å²) in [5.74, 6) is -0.127. The Morgan fingerprint density at radius 2 is 1.77 bits per heavy atom. The highest BCUT2D eigenvalue weighted by Gasteiger charge is 2.33. The van der Waals surface area contributed by atoms with Crippen LogP contribution in [0.1, 0.15) is 61.1 Å². The first-order valence-electron chi connectivity index (χ1n) is 8.98. The lowest BCUT2D eigenvalue weighted by atomic mass is 9.71. The highest BCUT2D eigenvalue weighted by Crippen LogP contribution is 2.41. The number of rotatable bonds is 4. The highest BCUT2D eigenvalue weighted by molar-refractivity contribution is 7.91. The summed E-state index contributed by atoms with van der Waals surface area (Å²) in [6.45, 7) is 6.07. The van der Waals surface area contributed by atoms with Crippen molar-refractivity contribution in [2.24, 2.45) is 0 Å². The van der Waals surface area contributed by atoms with Gasteiger partial charge in [-0.3, -0.25) is 4.79 Å². The zero-order valence-electron chi connectivity index (χ0n) is 15.5. The lowest BCUT2D eigenvalue weighted by molar-refractivity contribution is 0.0929. The smallest absolute Gasteiger partial charge is 0.251 e. The fourth-order valence-corrected chi connectivity index (χ4v) is 4.47. The van der Waals surface area contributed by atoms with Crippen LogP contribution in [0, 0.1) is 0 Å². The van der Waals surface area contributed by atoms with E-state index >= 15 is 0 Å². The number of sulfone groups is 1. The van der Waals surface area contributed by atoms with Crippen molar-refractivity contribution in [2.75, 3.05) is 5.75 Å². The van der Waals surface area contributed by atoms with Crippen LogP contribution in [-0.2, 0) is 15.3 Å². The number of hydrogen-bond donors (Lipinski definition) is 1. The van der Waals surface area contributed by atoms with Gasteiger partial charge in [0, 0.05) is 5.56 Å². The maximum Gasteiger partial charge on any atom is 0.251 e. The Bertz CT molecular complexity index is 915. The number of hydrogen-bond acceptors (Lipinski definition) is 3. The van der Waals surface area contributed by atoms with E-state index < -0.39 is 9.84 Å². The summed E-state index contributed by atoms with van der Waals surface area (Å²) >= 11 is 0. The average molecular weight is 372 g/mol. The predicted octanol–water partition coefficient (Wildman–Crippen LogP) is 4.02. The van der Waals surface area contributed by atoms with Crippen molar-refractivity contribution in [2.45, 2.75) is 50.0 Å². The van der Waals surface area contributed by atoms with Crippen LogP contribution in [0.25, 0.3) is 0 Å². The molecule has 1 amide bonds. The molecule has 2 aromatic rings. The van der Waals surface area contributed by atoms with Gasteiger partial charge >= 0.3 is 0 Å². The van der Waals surface area contributed by atoms with Crippen LogP contribution >= 0.6 is 0 Å². The molecule has 1 aliphatic rings. The van der Waals surface area contributed by atoms with Crippen LogP contribution < -0.4 is 5.32 Å². The summed E-state index contributed by atoms with van der Waals surface area (Å²) < 4.78 is 23.8. The van der Waals surface area contributed by atoms with Gasteiger partial charge in [0.25, 0.3) is 5.91 Å². The van der Waals surface area contributed by atoms with E-state index in [-0.39, 0.29) is 28.0 Å². The standard InChI is InChI=1S/C21H25NO3S/c1-4-26(24,25)16-11-9-15(10-12-16)20(23)22-19-13-14-21(2,3)18-8-6-5-7-17(18)19/h5-12,19H,4,13-14H2,1-3H3,(H,22,23). The van der Waals surface area contributed by atoms with Gasteiger partial charge in [-0.2, -0.15) is 0 Å². The third-order valence-corrected chi connectivity index (χ3v) is 7.03. The van der Waals surface area contributed by atoms with Gasteiger partial charge in [-0.25, -0.2) is 8.42 Å². The molecule has 1 atom stereocenters. The summed E-state index contributed by atoms with van der Waals surface area (Å²) in [5.41, 5.74) is 3.03. The largest absolute Gasteiger partial charge is 0.345 e. The third-order valence-electron chi connectivity index (χ3n) is 5.28. The van der Waals surface area contributed by atoms with Gasteiger partial charge < -0.3 is 5.32 Å². The molecule has 0 fully saturated rings. The van der Waals surface area contributed by atoms with E-state index in [0.29, 0.717) is 5.56 Å². The minimum Gasteiger partial charge on any atom is -0.345 e. The summed E-state index contributed by atoms with van der Waals surface area (Å²) in [6, 6.07) is 14.4. The van der Waals surface area contributed by atoms with E-state index in [1.165, 1.54) is 23.3 Å². The first kappa shape index (κ1) is 18.6. The SMILES string of the molecule is CCS(=O)(=O)c1ccc(C(=O)NC2CCC(C)(C)c3ccccc32)cc1. The Morgan fingerprint density at radius 3 is 2.42 bits per heavy atom. The molecule has 0 aliphatic heterocycles. The van der Waals surface area contributed by atoms with Crippen molar-refractivity contribution in [1.82, 2.24) is 5.32 Å². The summed E-state index contributed by atoms with van der Waals surface area (Å²) in [7, 11) is -3.25. The lowest BCUT2D eigenvalue weighted by Gasteiger charge is -2.37. The first-order valence-corrected chi connectivity index (χ1v) is 10.6. The molecule has 5 heteroatoms. The molecule has 1 unspecified atom stereocenters. The van der Waals surface area contributed by atoms with E-state index in [1.807, 2.05) is 12.1 Å². The molecule has 4 nitrogen and oxygen atoms in total. The van der Waals surface area contributed by atoms with Gasteiger partial charge in [-0.05, 0) is 53.6 Å². The number of benzene rings is 2. The van der Waals surface area contributed by atoms with Gasteiger partial charge in [-0.1, -0.05) is 45.0 Å². The van der Waals surface area contributed by atoms with E-state index in [4.69, 9.17) is 0 Å². The van der Waals surface area contributed by atoms with Gasteiger partial charge in [-0.15, -0.1) is 0 Å². The quantitative estimate of drug-likeness (QED) is 0.883. The second kappa shape index (κ2) is 6.88. The molecule has 0 spiro atoms. The Kier molecular flexibility index (Phi) is 4.93. The Labute approximate surface area is 155 Å². The molecule has 0 bridgehead atoms. The van der Waals surface area contributed by atoms with Crippen molar-refractivity contribution in [1.29, 1.82) is 0 Å². The molecular weight excluding hydrogens is 346 g/mol. The highest BCUT2D eigenvalue weighted by atomic mass is 32.2. The molecule has 138 valence electrons. The van der Waals surface area contributed by atoms with E-state index in [0.717, 1.165) is 12.8 Å². The zero-order valence-corrected chi connectivity index (χ0v) is 16.3. The molecule has 1 N–H and O–H groups in total. The predicted molar refractivity (Wildman–Crippen MR) is 103 cm³/mol. The van der Waals surface area contributed by atoms with Gasteiger partial charge in [0.05, 0.1) is 16.7 Å². The molecule has 26 heavy (non-hydrogen) atoms. The second-order valence-electron chi connectivity index (χ2n) is 7.46. The topological polar surface area (TPSA) is 63.2 Å². The van der Waals surface area contributed by atoms with Crippen LogP contribution in [0.15, 0.2) is 53.4 Å². The average Bonchev–Trinajstić information content (AvgIpc) is 2.64. The Morgan fingerprint density at radius 1 is 1.12 bits per heavy atom.